The molecule has 3 aromatic rings. The lowest BCUT2D eigenvalue weighted by atomic mass is 9.83. The smallest absolute Gasteiger partial charge is 0.273 e. The van der Waals surface area contributed by atoms with Crippen LogP contribution in [0.3, 0.4) is 0 Å². The monoisotopic (exact) mass is 331 g/mol. The average molecular weight is 331 g/mol. The highest BCUT2D eigenvalue weighted by Crippen LogP contribution is 2.32. The lowest BCUT2D eigenvalue weighted by Gasteiger charge is -2.20. The standard InChI is InChI=1S/C19H13N3O3/c1-22-15(9-10-20-22)19(25)21-14-8-4-7-13-16(14)18(24)12-6-3-2-5-11(12)17(13)23/h2-10H,1H3,(H,21,25). The van der Waals surface area contributed by atoms with Crippen molar-refractivity contribution in [3.05, 3.63) is 82.7 Å². The summed E-state index contributed by atoms with van der Waals surface area (Å²) in [6, 6.07) is 13.1. The Hall–Kier alpha value is -3.54. The summed E-state index contributed by atoms with van der Waals surface area (Å²) in [4.78, 5) is 38.0. The van der Waals surface area contributed by atoms with Crippen LogP contribution in [0.4, 0.5) is 5.69 Å². The van der Waals surface area contributed by atoms with Crippen molar-refractivity contribution in [2.75, 3.05) is 5.32 Å². The van der Waals surface area contributed by atoms with Crippen LogP contribution in [0.25, 0.3) is 0 Å². The van der Waals surface area contributed by atoms with Crippen LogP contribution >= 0.6 is 0 Å². The lowest BCUT2D eigenvalue weighted by Crippen LogP contribution is -2.24. The van der Waals surface area contributed by atoms with Crippen LogP contribution in [0.2, 0.25) is 0 Å². The number of amides is 1. The number of benzene rings is 2. The molecule has 6 heteroatoms. The molecule has 0 saturated carbocycles. The number of hydrogen-bond acceptors (Lipinski definition) is 4. The van der Waals surface area contributed by atoms with Crippen LogP contribution in [0.15, 0.2) is 54.7 Å². The predicted octanol–water partition coefficient (Wildman–Crippen LogP) is 2.45. The van der Waals surface area contributed by atoms with E-state index >= 15 is 0 Å². The topological polar surface area (TPSA) is 81.1 Å². The highest BCUT2D eigenvalue weighted by Gasteiger charge is 2.31. The Kier molecular flexibility index (Phi) is 3.32. The quantitative estimate of drug-likeness (QED) is 0.612. The zero-order valence-corrected chi connectivity index (χ0v) is 13.3. The van der Waals surface area contributed by atoms with Crippen LogP contribution < -0.4 is 5.32 Å². The molecule has 0 unspecified atom stereocenters. The number of hydrogen-bond donors (Lipinski definition) is 1. The fourth-order valence-electron chi connectivity index (χ4n) is 3.03. The number of aromatic nitrogens is 2. The molecule has 2 aromatic carbocycles. The third kappa shape index (κ3) is 2.27. The molecular weight excluding hydrogens is 318 g/mol. The minimum atomic E-state index is -0.396. The highest BCUT2D eigenvalue weighted by molar-refractivity contribution is 6.30. The van der Waals surface area contributed by atoms with E-state index in [9.17, 15) is 14.4 Å². The Morgan fingerprint density at radius 3 is 2.28 bits per heavy atom. The number of aryl methyl sites for hydroxylation is 1. The number of anilines is 1. The molecule has 0 bridgehead atoms. The maximum Gasteiger partial charge on any atom is 0.273 e. The van der Waals surface area contributed by atoms with Gasteiger partial charge in [-0.2, -0.15) is 5.10 Å². The molecule has 0 atom stereocenters. The van der Waals surface area contributed by atoms with Gasteiger partial charge in [0.2, 0.25) is 0 Å². The number of fused-ring (bicyclic) bond motifs is 2. The Morgan fingerprint density at radius 1 is 0.920 bits per heavy atom. The van der Waals surface area contributed by atoms with Gasteiger partial charge in [0.05, 0.1) is 11.3 Å². The molecule has 0 fully saturated rings. The van der Waals surface area contributed by atoms with E-state index in [4.69, 9.17) is 0 Å². The number of rotatable bonds is 2. The summed E-state index contributed by atoms with van der Waals surface area (Å²) in [5, 5.41) is 6.68. The van der Waals surface area contributed by atoms with Gasteiger partial charge < -0.3 is 5.32 Å². The fraction of sp³-hybridized carbons (Fsp3) is 0.0526. The molecule has 1 heterocycles. The number of nitrogens with one attached hydrogen (secondary N) is 1. The third-order valence-electron chi connectivity index (χ3n) is 4.25. The third-order valence-corrected chi connectivity index (χ3v) is 4.25. The molecule has 4 rings (SSSR count). The molecule has 0 saturated heterocycles. The molecule has 1 N–H and O–H groups in total. The van der Waals surface area contributed by atoms with Crippen LogP contribution in [0, 0.1) is 0 Å². The van der Waals surface area contributed by atoms with Crippen molar-refractivity contribution in [2.45, 2.75) is 0 Å². The van der Waals surface area contributed by atoms with E-state index in [1.165, 1.54) is 10.9 Å². The Morgan fingerprint density at radius 2 is 1.60 bits per heavy atom. The van der Waals surface area contributed by atoms with E-state index < -0.39 is 5.91 Å². The summed E-state index contributed by atoms with van der Waals surface area (Å²) in [6.07, 6.45) is 1.51. The minimum absolute atomic E-state index is 0.221. The van der Waals surface area contributed by atoms with E-state index in [0.29, 0.717) is 28.1 Å². The van der Waals surface area contributed by atoms with E-state index in [0.717, 1.165) is 0 Å². The van der Waals surface area contributed by atoms with Crippen molar-refractivity contribution in [1.29, 1.82) is 0 Å². The van der Waals surface area contributed by atoms with Crippen molar-refractivity contribution in [3.63, 3.8) is 0 Å². The molecule has 1 aliphatic rings. The van der Waals surface area contributed by atoms with Gasteiger partial charge in [-0.15, -0.1) is 0 Å². The SMILES string of the molecule is Cn1nccc1C(=O)Nc1cccc2c1C(=O)c1ccccc1C2=O. The van der Waals surface area contributed by atoms with Crippen molar-refractivity contribution < 1.29 is 14.4 Å². The van der Waals surface area contributed by atoms with Crippen molar-refractivity contribution >= 4 is 23.2 Å². The van der Waals surface area contributed by atoms with Gasteiger partial charge in [0.25, 0.3) is 5.91 Å². The molecule has 0 aliphatic heterocycles. The predicted molar refractivity (Wildman–Crippen MR) is 90.9 cm³/mol. The van der Waals surface area contributed by atoms with Crippen molar-refractivity contribution in [3.8, 4) is 0 Å². The van der Waals surface area contributed by atoms with Gasteiger partial charge in [-0.25, -0.2) is 0 Å². The molecule has 1 aromatic heterocycles. The van der Waals surface area contributed by atoms with Gasteiger partial charge in [0.15, 0.2) is 11.6 Å². The van der Waals surface area contributed by atoms with Crippen LogP contribution in [-0.4, -0.2) is 27.3 Å². The van der Waals surface area contributed by atoms with E-state index in [2.05, 4.69) is 10.4 Å². The Labute approximate surface area is 143 Å². The second kappa shape index (κ2) is 5.52. The Balaban J connectivity index is 1.80. The molecule has 0 spiro atoms. The van der Waals surface area contributed by atoms with Gasteiger partial charge >= 0.3 is 0 Å². The summed E-state index contributed by atoms with van der Waals surface area (Å²) in [6.45, 7) is 0. The largest absolute Gasteiger partial charge is 0.320 e. The molecule has 6 nitrogen and oxygen atoms in total. The first-order valence-electron chi connectivity index (χ1n) is 7.68. The number of carbonyl (C=O) groups is 3. The van der Waals surface area contributed by atoms with Gasteiger partial charge in [-0.05, 0) is 12.1 Å². The van der Waals surface area contributed by atoms with Gasteiger partial charge in [0, 0.05) is 29.9 Å². The fourth-order valence-corrected chi connectivity index (χ4v) is 3.03. The summed E-state index contributed by atoms with van der Waals surface area (Å²) in [5.74, 6) is -0.888. The lowest BCUT2D eigenvalue weighted by molar-refractivity contribution is 0.0978. The van der Waals surface area contributed by atoms with E-state index in [1.54, 1.807) is 55.6 Å². The van der Waals surface area contributed by atoms with Crippen LogP contribution in [0.1, 0.15) is 42.3 Å². The van der Waals surface area contributed by atoms with E-state index in [1.807, 2.05) is 0 Å². The number of ketones is 2. The zero-order valence-electron chi connectivity index (χ0n) is 13.3. The number of nitrogens with zero attached hydrogens (tertiary/aromatic N) is 2. The maximum absolute atomic E-state index is 12.9. The normalized spacial score (nSPS) is 12.5. The van der Waals surface area contributed by atoms with Crippen LogP contribution in [0.5, 0.6) is 0 Å². The first-order valence-corrected chi connectivity index (χ1v) is 7.68. The summed E-state index contributed by atoms with van der Waals surface area (Å²) >= 11 is 0. The molecular formula is C19H13N3O3. The highest BCUT2D eigenvalue weighted by atomic mass is 16.2. The summed E-state index contributed by atoms with van der Waals surface area (Å²) < 4.78 is 1.44. The van der Waals surface area contributed by atoms with Crippen molar-refractivity contribution in [1.82, 2.24) is 9.78 Å². The average Bonchev–Trinajstić information content (AvgIpc) is 3.05. The molecule has 1 amide bonds. The first-order chi connectivity index (χ1) is 12.1. The summed E-state index contributed by atoms with van der Waals surface area (Å²) in [7, 11) is 1.65. The maximum atomic E-state index is 12.9. The zero-order chi connectivity index (χ0) is 17.6. The second-order valence-corrected chi connectivity index (χ2v) is 5.73. The molecule has 0 radical (unpaired) electrons. The first kappa shape index (κ1) is 15.0. The van der Waals surface area contributed by atoms with E-state index in [-0.39, 0.29) is 17.1 Å². The van der Waals surface area contributed by atoms with Gasteiger partial charge in [0.1, 0.15) is 5.69 Å². The van der Waals surface area contributed by atoms with Gasteiger partial charge in [-0.3, -0.25) is 19.1 Å². The second-order valence-electron chi connectivity index (χ2n) is 5.73. The molecule has 25 heavy (non-hydrogen) atoms. The molecule has 1 aliphatic carbocycles. The number of carbonyl (C=O) groups excluding carboxylic acids is 3. The Bertz CT molecular complexity index is 1050. The summed E-state index contributed by atoms with van der Waals surface area (Å²) in [5.41, 5.74) is 1.93. The molecule has 122 valence electrons. The van der Waals surface area contributed by atoms with Crippen molar-refractivity contribution in [2.24, 2.45) is 7.05 Å². The van der Waals surface area contributed by atoms with Crippen LogP contribution in [-0.2, 0) is 7.05 Å². The minimum Gasteiger partial charge on any atom is -0.320 e. The van der Waals surface area contributed by atoms with Gasteiger partial charge in [-0.1, -0.05) is 36.4 Å².